The fraction of sp³-hybridized carbons (Fsp3) is 0.333. The first-order valence-electron chi connectivity index (χ1n) is 4.09. The van der Waals surface area contributed by atoms with Crippen molar-refractivity contribution in [1.29, 1.82) is 0 Å². The van der Waals surface area contributed by atoms with Crippen LogP contribution >= 0.6 is 27.5 Å². The fourth-order valence-corrected chi connectivity index (χ4v) is 1.95. The van der Waals surface area contributed by atoms with Crippen LogP contribution in [0.15, 0.2) is 16.6 Å². The van der Waals surface area contributed by atoms with Crippen molar-refractivity contribution in [3.05, 3.63) is 27.4 Å². The highest BCUT2D eigenvalue weighted by Gasteiger charge is 2.06. The minimum atomic E-state index is -0.405. The number of halogens is 4. The molecule has 0 aromatic heterocycles. The predicted molar refractivity (Wildman–Crippen MR) is 58.2 cm³/mol. The van der Waals surface area contributed by atoms with E-state index >= 15 is 0 Å². The molecule has 0 unspecified atom stereocenters. The summed E-state index contributed by atoms with van der Waals surface area (Å²) in [6.07, 6.45) is 0.403. The van der Waals surface area contributed by atoms with E-state index in [9.17, 15) is 8.78 Å². The summed E-state index contributed by atoms with van der Waals surface area (Å²) in [5.41, 5.74) is 0.599. The Morgan fingerprint density at radius 3 is 2.71 bits per heavy atom. The van der Waals surface area contributed by atoms with Crippen LogP contribution in [0.3, 0.4) is 0 Å². The molecule has 1 N–H and O–H groups in total. The van der Waals surface area contributed by atoms with E-state index in [0.717, 1.165) is 0 Å². The summed E-state index contributed by atoms with van der Waals surface area (Å²) in [6, 6.07) is 2.52. The van der Waals surface area contributed by atoms with Crippen LogP contribution in [0, 0.1) is 5.82 Å². The van der Waals surface area contributed by atoms with Crippen LogP contribution in [0.4, 0.5) is 14.5 Å². The summed E-state index contributed by atoms with van der Waals surface area (Å²) in [5, 5.41) is 3.21. The van der Waals surface area contributed by atoms with Crippen molar-refractivity contribution in [1.82, 2.24) is 0 Å². The van der Waals surface area contributed by atoms with Gasteiger partial charge in [0.25, 0.3) is 0 Å². The van der Waals surface area contributed by atoms with Gasteiger partial charge in [0.2, 0.25) is 0 Å². The Kier molecular flexibility index (Phi) is 4.62. The number of hydrogen-bond acceptors (Lipinski definition) is 1. The van der Waals surface area contributed by atoms with Crippen molar-refractivity contribution < 1.29 is 8.78 Å². The molecule has 1 aromatic carbocycles. The van der Waals surface area contributed by atoms with Gasteiger partial charge in [0.1, 0.15) is 5.82 Å². The number of alkyl halides is 1. The first-order valence-corrected chi connectivity index (χ1v) is 5.26. The van der Waals surface area contributed by atoms with Gasteiger partial charge in [-0.25, -0.2) is 4.39 Å². The molecule has 1 nitrogen and oxygen atoms in total. The fourth-order valence-electron chi connectivity index (χ4n) is 0.991. The maximum Gasteiger partial charge on any atom is 0.125 e. The molecule has 0 fully saturated rings. The maximum absolute atomic E-state index is 12.8. The van der Waals surface area contributed by atoms with Crippen molar-refractivity contribution in [2.45, 2.75) is 6.42 Å². The Morgan fingerprint density at radius 2 is 2.14 bits per heavy atom. The molecule has 0 saturated heterocycles. The lowest BCUT2D eigenvalue weighted by atomic mass is 10.3. The van der Waals surface area contributed by atoms with Crippen LogP contribution in [-0.4, -0.2) is 13.2 Å². The minimum absolute atomic E-state index is 0.288. The van der Waals surface area contributed by atoms with E-state index in [1.54, 1.807) is 0 Å². The summed E-state index contributed by atoms with van der Waals surface area (Å²) < 4.78 is 25.2. The molecule has 0 aliphatic rings. The zero-order valence-electron chi connectivity index (χ0n) is 7.29. The van der Waals surface area contributed by atoms with E-state index in [1.165, 1.54) is 12.1 Å². The molecule has 0 saturated carbocycles. The molecule has 78 valence electrons. The number of anilines is 1. The maximum atomic E-state index is 12.8. The topological polar surface area (TPSA) is 12.0 Å². The van der Waals surface area contributed by atoms with E-state index in [2.05, 4.69) is 21.2 Å². The van der Waals surface area contributed by atoms with E-state index in [4.69, 9.17) is 11.6 Å². The number of benzene rings is 1. The highest BCUT2D eigenvalue weighted by molar-refractivity contribution is 9.10. The van der Waals surface area contributed by atoms with Crippen molar-refractivity contribution in [2.24, 2.45) is 0 Å². The van der Waals surface area contributed by atoms with E-state index in [0.29, 0.717) is 23.1 Å². The monoisotopic (exact) mass is 283 g/mol. The largest absolute Gasteiger partial charge is 0.383 e. The van der Waals surface area contributed by atoms with Gasteiger partial charge in [-0.1, -0.05) is 11.6 Å². The van der Waals surface area contributed by atoms with Crippen molar-refractivity contribution in [2.75, 3.05) is 18.5 Å². The average molecular weight is 285 g/mol. The second-order valence-electron chi connectivity index (χ2n) is 2.71. The Morgan fingerprint density at radius 1 is 1.43 bits per heavy atom. The first-order chi connectivity index (χ1) is 6.65. The van der Waals surface area contributed by atoms with E-state index in [-0.39, 0.29) is 11.7 Å². The third-order valence-corrected chi connectivity index (χ3v) is 2.54. The van der Waals surface area contributed by atoms with E-state index in [1.807, 2.05) is 0 Å². The summed E-state index contributed by atoms with van der Waals surface area (Å²) in [6.45, 7) is 0.0872. The van der Waals surface area contributed by atoms with Gasteiger partial charge in [0.15, 0.2) is 0 Å². The van der Waals surface area contributed by atoms with Crippen LogP contribution < -0.4 is 5.32 Å². The Hall–Kier alpha value is -0.350. The molecular weight excluding hydrogens is 275 g/mol. The van der Waals surface area contributed by atoms with Gasteiger partial charge in [-0.3, -0.25) is 4.39 Å². The molecule has 0 heterocycles. The normalized spacial score (nSPS) is 10.3. The SMILES string of the molecule is FCCCNc1c(Cl)cc(F)cc1Br. The molecule has 0 aliphatic heterocycles. The quantitative estimate of drug-likeness (QED) is 0.824. The van der Waals surface area contributed by atoms with Gasteiger partial charge < -0.3 is 5.32 Å². The molecule has 0 aliphatic carbocycles. The molecule has 5 heteroatoms. The zero-order valence-corrected chi connectivity index (χ0v) is 9.63. The standard InChI is InChI=1S/C9H9BrClF2N/c10-7-4-6(13)5-8(11)9(7)14-3-1-2-12/h4-5,14H,1-3H2. The van der Waals surface area contributed by atoms with Crippen LogP contribution in [0.5, 0.6) is 0 Å². The summed E-state index contributed by atoms with van der Waals surface area (Å²) >= 11 is 8.96. The Balaban J connectivity index is 2.75. The third kappa shape index (κ3) is 3.10. The van der Waals surface area contributed by atoms with Gasteiger partial charge in [0.05, 0.1) is 17.4 Å². The second kappa shape index (κ2) is 5.51. The van der Waals surface area contributed by atoms with Gasteiger partial charge in [-0.2, -0.15) is 0 Å². The third-order valence-electron chi connectivity index (χ3n) is 1.62. The smallest absolute Gasteiger partial charge is 0.125 e. The van der Waals surface area contributed by atoms with Crippen LogP contribution in [0.25, 0.3) is 0 Å². The Bertz CT molecular complexity index is 297. The lowest BCUT2D eigenvalue weighted by Gasteiger charge is -2.09. The lowest BCUT2D eigenvalue weighted by molar-refractivity contribution is 0.481. The molecule has 0 bridgehead atoms. The molecule has 1 aromatic rings. The highest BCUT2D eigenvalue weighted by atomic mass is 79.9. The van der Waals surface area contributed by atoms with E-state index < -0.39 is 5.82 Å². The van der Waals surface area contributed by atoms with Gasteiger partial charge >= 0.3 is 0 Å². The van der Waals surface area contributed by atoms with Gasteiger partial charge in [-0.05, 0) is 34.5 Å². The zero-order chi connectivity index (χ0) is 10.6. The molecule has 0 amide bonds. The summed E-state index contributed by atoms with van der Waals surface area (Å²) in [7, 11) is 0. The predicted octanol–water partition coefficient (Wildman–Crippen LogP) is 4.01. The number of rotatable bonds is 4. The second-order valence-corrected chi connectivity index (χ2v) is 3.98. The average Bonchev–Trinajstić information content (AvgIpc) is 2.09. The molecular formula is C9H9BrClF2N. The van der Waals surface area contributed by atoms with Crippen LogP contribution in [0.2, 0.25) is 5.02 Å². The van der Waals surface area contributed by atoms with Crippen LogP contribution in [-0.2, 0) is 0 Å². The molecule has 1 rings (SSSR count). The summed E-state index contributed by atoms with van der Waals surface area (Å²) in [5.74, 6) is -0.405. The van der Waals surface area contributed by atoms with Crippen molar-refractivity contribution >= 4 is 33.2 Å². The van der Waals surface area contributed by atoms with Gasteiger partial charge in [-0.15, -0.1) is 0 Å². The van der Waals surface area contributed by atoms with Gasteiger partial charge in [0, 0.05) is 11.0 Å². The first kappa shape index (κ1) is 11.7. The highest BCUT2D eigenvalue weighted by Crippen LogP contribution is 2.31. The molecule has 0 radical (unpaired) electrons. The van der Waals surface area contributed by atoms with Crippen molar-refractivity contribution in [3.8, 4) is 0 Å². The molecule has 14 heavy (non-hydrogen) atoms. The number of nitrogens with one attached hydrogen (secondary N) is 1. The number of hydrogen-bond donors (Lipinski definition) is 1. The van der Waals surface area contributed by atoms with Crippen LogP contribution in [0.1, 0.15) is 6.42 Å². The minimum Gasteiger partial charge on any atom is -0.383 e. The van der Waals surface area contributed by atoms with Crippen molar-refractivity contribution in [3.63, 3.8) is 0 Å². The molecule has 0 spiro atoms. The Labute approximate surface area is 94.6 Å². The lowest BCUT2D eigenvalue weighted by Crippen LogP contribution is -2.03. The summed E-state index contributed by atoms with van der Waals surface area (Å²) in [4.78, 5) is 0. The molecule has 0 atom stereocenters.